The van der Waals surface area contributed by atoms with E-state index in [0.29, 0.717) is 0 Å². The molecule has 2 atom stereocenters. The third-order valence-electron chi connectivity index (χ3n) is 5.77. The fourth-order valence-corrected chi connectivity index (χ4v) is 4.33. The molecule has 9 nitrogen and oxygen atoms in total. The summed E-state index contributed by atoms with van der Waals surface area (Å²) in [6.45, 7) is -0.0794. The molecule has 1 aliphatic heterocycles. The molecule has 0 spiro atoms. The van der Waals surface area contributed by atoms with Crippen LogP contribution in [-0.2, 0) is 14.3 Å². The number of carboxylic acid groups (broad SMARTS) is 1. The first kappa shape index (κ1) is 20.6. The normalized spacial score (nSPS) is 21.4. The van der Waals surface area contributed by atoms with Crippen LogP contribution in [0.1, 0.15) is 42.7 Å². The number of carbonyl (C=O) groups is 3. The minimum absolute atomic E-state index is 0.0209. The van der Waals surface area contributed by atoms with Crippen LogP contribution in [-0.4, -0.2) is 53.4 Å². The molecule has 1 unspecified atom stereocenters. The average Bonchev–Trinajstić information content (AvgIpc) is 3.28. The Bertz CT molecular complexity index is 999. The van der Waals surface area contributed by atoms with Crippen molar-refractivity contribution in [3.05, 3.63) is 53.1 Å². The third-order valence-corrected chi connectivity index (χ3v) is 5.77. The van der Waals surface area contributed by atoms with Crippen LogP contribution in [0.25, 0.3) is 5.57 Å². The lowest BCUT2D eigenvalue weighted by molar-refractivity contribution is -0.139. The van der Waals surface area contributed by atoms with Crippen LogP contribution in [0.2, 0.25) is 0 Å². The number of benzene rings is 1. The highest BCUT2D eigenvalue weighted by Gasteiger charge is 2.39. The molecule has 0 radical (unpaired) electrons. The monoisotopic (exact) mass is 425 g/mol. The first-order valence-corrected chi connectivity index (χ1v) is 10.1. The topological polar surface area (TPSA) is 129 Å². The molecule has 1 saturated heterocycles. The fraction of sp³-hybridized carbons (Fsp3) is 0.364. The summed E-state index contributed by atoms with van der Waals surface area (Å²) in [5.41, 5.74) is 4.79. The zero-order valence-corrected chi connectivity index (χ0v) is 16.8. The van der Waals surface area contributed by atoms with Crippen LogP contribution in [0.3, 0.4) is 0 Å². The number of rotatable bonds is 5. The maximum atomic E-state index is 12.7. The van der Waals surface area contributed by atoms with E-state index < -0.39 is 24.2 Å². The molecular weight excluding hydrogens is 402 g/mol. The van der Waals surface area contributed by atoms with E-state index >= 15 is 0 Å². The Morgan fingerprint density at radius 3 is 2.94 bits per heavy atom. The highest BCUT2D eigenvalue weighted by Crippen LogP contribution is 2.46. The molecule has 162 valence electrons. The molecule has 2 aliphatic carbocycles. The molecule has 3 N–H and O–H groups in total. The van der Waals surface area contributed by atoms with Gasteiger partial charge in [-0.25, -0.2) is 14.4 Å². The van der Waals surface area contributed by atoms with E-state index in [-0.39, 0.29) is 37.9 Å². The molecule has 2 amide bonds. The van der Waals surface area contributed by atoms with Gasteiger partial charge in [-0.3, -0.25) is 15.6 Å². The second-order valence-electron chi connectivity index (χ2n) is 7.62. The maximum absolute atomic E-state index is 12.7. The van der Waals surface area contributed by atoms with Crippen molar-refractivity contribution in [1.29, 1.82) is 5.41 Å². The zero-order valence-electron chi connectivity index (χ0n) is 16.8. The summed E-state index contributed by atoms with van der Waals surface area (Å²) in [4.78, 5) is 36.6. The number of amides is 2. The number of allylic oxidation sites excluding steroid dienone is 3. The van der Waals surface area contributed by atoms with Crippen molar-refractivity contribution in [1.82, 2.24) is 10.2 Å². The molecule has 31 heavy (non-hydrogen) atoms. The summed E-state index contributed by atoms with van der Waals surface area (Å²) in [5, 5.41) is 18.2. The predicted molar refractivity (Wildman–Crippen MR) is 111 cm³/mol. The molecule has 0 aromatic heterocycles. The second-order valence-corrected chi connectivity index (χ2v) is 7.62. The number of fused-ring (bicyclic) bond motifs is 2. The summed E-state index contributed by atoms with van der Waals surface area (Å²) < 4.78 is 10.6. The number of ether oxygens (including phenoxy) is 2. The summed E-state index contributed by atoms with van der Waals surface area (Å²) in [6.07, 6.45) is 4.20. The number of esters is 1. The number of nitrogens with zero attached hydrogens (tertiary/aromatic N) is 1. The second kappa shape index (κ2) is 8.63. The highest BCUT2D eigenvalue weighted by molar-refractivity contribution is 5.93. The van der Waals surface area contributed by atoms with Crippen molar-refractivity contribution >= 4 is 29.6 Å². The number of hydrogen-bond acceptors (Lipinski definition) is 6. The van der Waals surface area contributed by atoms with Crippen molar-refractivity contribution in [2.24, 2.45) is 0 Å². The lowest BCUT2D eigenvalue weighted by Crippen LogP contribution is -2.40. The Hall–Kier alpha value is -3.62. The van der Waals surface area contributed by atoms with E-state index in [1.807, 2.05) is 23.5 Å². The number of nitrogens with one attached hydrogen (secondary N) is 2. The molecular formula is C22H23N3O6. The SMILES string of the molecule is N=C(CC[C@H]1C(=O)OCN1C(=O)OCC1C2=C(CCC=C2)c2ccccc21)NC(=O)O. The van der Waals surface area contributed by atoms with E-state index in [1.54, 1.807) is 0 Å². The lowest BCUT2D eigenvalue weighted by Gasteiger charge is -2.22. The molecule has 4 rings (SSSR count). The lowest BCUT2D eigenvalue weighted by atomic mass is 9.93. The molecule has 0 saturated carbocycles. The van der Waals surface area contributed by atoms with Gasteiger partial charge in [0.25, 0.3) is 0 Å². The van der Waals surface area contributed by atoms with Crippen LogP contribution in [0.15, 0.2) is 42.0 Å². The Morgan fingerprint density at radius 2 is 2.13 bits per heavy atom. The van der Waals surface area contributed by atoms with Crippen LogP contribution in [0.5, 0.6) is 0 Å². The van der Waals surface area contributed by atoms with Crippen LogP contribution >= 0.6 is 0 Å². The van der Waals surface area contributed by atoms with Gasteiger partial charge in [0.05, 0.1) is 0 Å². The fourth-order valence-electron chi connectivity index (χ4n) is 4.33. The van der Waals surface area contributed by atoms with E-state index in [2.05, 4.69) is 18.2 Å². The molecule has 1 fully saturated rings. The van der Waals surface area contributed by atoms with E-state index in [0.717, 1.165) is 18.4 Å². The number of carbonyl (C=O) groups excluding carboxylic acids is 2. The largest absolute Gasteiger partial charge is 0.465 e. The van der Waals surface area contributed by atoms with Gasteiger partial charge in [0.1, 0.15) is 18.5 Å². The Balaban J connectivity index is 1.40. The average molecular weight is 425 g/mol. The van der Waals surface area contributed by atoms with Crippen LogP contribution in [0.4, 0.5) is 9.59 Å². The number of cyclic esters (lactones) is 1. The van der Waals surface area contributed by atoms with Crippen molar-refractivity contribution in [2.75, 3.05) is 13.3 Å². The zero-order chi connectivity index (χ0) is 22.0. The van der Waals surface area contributed by atoms with Gasteiger partial charge >= 0.3 is 18.2 Å². The van der Waals surface area contributed by atoms with Gasteiger partial charge in [0.15, 0.2) is 6.73 Å². The van der Waals surface area contributed by atoms with Gasteiger partial charge in [0, 0.05) is 12.3 Å². The standard InChI is InChI=1S/C22H23N3O6/c23-19(24-21(27)28)10-9-18-20(26)31-12-25(18)22(29)30-11-17-15-7-3-1-5-13(15)14-6-2-4-8-16(14)17/h1,3-5,7-8,17-18H,2,6,9-12H2,(H2,23,24)(H,27,28)/t17?,18-/m0/s1. The molecule has 1 aromatic rings. The van der Waals surface area contributed by atoms with Crippen molar-refractivity contribution in [3.63, 3.8) is 0 Å². The minimum atomic E-state index is -1.35. The first-order chi connectivity index (χ1) is 15.0. The van der Waals surface area contributed by atoms with Crippen molar-refractivity contribution < 1.29 is 29.0 Å². The van der Waals surface area contributed by atoms with Gasteiger partial charge < -0.3 is 14.6 Å². The smallest absolute Gasteiger partial charge is 0.413 e. The highest BCUT2D eigenvalue weighted by atomic mass is 16.6. The molecule has 9 heteroatoms. The number of amidine groups is 1. The first-order valence-electron chi connectivity index (χ1n) is 10.1. The van der Waals surface area contributed by atoms with Crippen molar-refractivity contribution in [3.8, 4) is 0 Å². The summed E-state index contributed by atoms with van der Waals surface area (Å²) in [7, 11) is 0. The van der Waals surface area contributed by atoms with E-state index in [4.69, 9.17) is 20.0 Å². The van der Waals surface area contributed by atoms with Gasteiger partial charge in [-0.1, -0.05) is 36.4 Å². The molecule has 3 aliphatic rings. The Labute approximate surface area is 178 Å². The Kier molecular flexibility index (Phi) is 5.75. The molecule has 1 heterocycles. The predicted octanol–water partition coefficient (Wildman–Crippen LogP) is 3.23. The van der Waals surface area contributed by atoms with E-state index in [9.17, 15) is 14.4 Å². The van der Waals surface area contributed by atoms with Gasteiger partial charge in [-0.2, -0.15) is 0 Å². The van der Waals surface area contributed by atoms with Crippen molar-refractivity contribution in [2.45, 2.75) is 37.6 Å². The third kappa shape index (κ3) is 4.16. The summed E-state index contributed by atoms with van der Waals surface area (Å²) >= 11 is 0. The quantitative estimate of drug-likeness (QED) is 0.377. The molecule has 1 aromatic carbocycles. The number of hydrogen-bond donors (Lipinski definition) is 3. The van der Waals surface area contributed by atoms with Crippen LogP contribution < -0.4 is 5.32 Å². The summed E-state index contributed by atoms with van der Waals surface area (Å²) in [6, 6.07) is 7.20. The van der Waals surface area contributed by atoms with Gasteiger partial charge in [-0.05, 0) is 41.5 Å². The molecule has 0 bridgehead atoms. The van der Waals surface area contributed by atoms with Crippen LogP contribution in [0, 0.1) is 5.41 Å². The minimum Gasteiger partial charge on any atom is -0.465 e. The maximum Gasteiger partial charge on any atom is 0.413 e. The van der Waals surface area contributed by atoms with Gasteiger partial charge in [-0.15, -0.1) is 0 Å². The summed E-state index contributed by atoms with van der Waals surface area (Å²) in [5.74, 6) is -0.907. The Morgan fingerprint density at radius 1 is 1.32 bits per heavy atom. The van der Waals surface area contributed by atoms with Gasteiger partial charge in [0.2, 0.25) is 0 Å². The van der Waals surface area contributed by atoms with E-state index in [1.165, 1.54) is 21.6 Å².